The van der Waals surface area contributed by atoms with Crippen LogP contribution < -0.4 is 0 Å². The largest absolute Gasteiger partial charge is 0.462 e. The minimum Gasteiger partial charge on any atom is -0.462 e. The Labute approximate surface area is 422 Å². The van der Waals surface area contributed by atoms with Crippen molar-refractivity contribution < 1.29 is 23.8 Å². The predicted molar refractivity (Wildman–Crippen MR) is 297 cm³/mol. The van der Waals surface area contributed by atoms with E-state index < -0.39 is 6.10 Å². The summed E-state index contributed by atoms with van der Waals surface area (Å²) < 4.78 is 17.5. The van der Waals surface area contributed by atoms with E-state index in [4.69, 9.17) is 14.2 Å². The molecule has 0 aromatic heterocycles. The number of unbranched alkanes of at least 4 members (excludes halogenated alkanes) is 28. The van der Waals surface area contributed by atoms with Gasteiger partial charge in [0.1, 0.15) is 6.61 Å². The van der Waals surface area contributed by atoms with Gasteiger partial charge < -0.3 is 14.2 Å². The van der Waals surface area contributed by atoms with E-state index in [1.54, 1.807) is 0 Å². The standard InChI is InChI=1S/C63H110O5/c1-4-7-10-13-16-19-22-25-27-29-31-33-35-37-40-43-46-49-52-55-58-66-59-61(68-63(65)57-54-51-48-45-42-38-24-21-18-15-12-9-6-3)60-67-62(64)56-53-50-47-44-41-39-36-34-32-30-28-26-23-20-17-14-11-8-5-2/h7,10,16-17,19-20,25-28,31-34,61H,4-6,8-9,11-15,18,21-24,29-30,35-60H2,1-3H3/b10-7-,19-16-,20-17-,27-25-,28-26-,33-31-,34-32-. The number of hydrogen-bond donors (Lipinski definition) is 0. The lowest BCUT2D eigenvalue weighted by Crippen LogP contribution is -2.30. The quantitative estimate of drug-likeness (QED) is 0.0345. The fourth-order valence-electron chi connectivity index (χ4n) is 8.10. The highest BCUT2D eigenvalue weighted by atomic mass is 16.6. The average Bonchev–Trinajstić information content (AvgIpc) is 3.34. The topological polar surface area (TPSA) is 61.8 Å². The summed E-state index contributed by atoms with van der Waals surface area (Å²) in [5, 5.41) is 0. The Morgan fingerprint density at radius 3 is 1.09 bits per heavy atom. The van der Waals surface area contributed by atoms with Crippen LogP contribution in [0.25, 0.3) is 0 Å². The number of ether oxygens (including phenoxy) is 3. The van der Waals surface area contributed by atoms with Crippen LogP contribution in [0.4, 0.5) is 0 Å². The monoisotopic (exact) mass is 947 g/mol. The summed E-state index contributed by atoms with van der Waals surface area (Å²) in [6, 6.07) is 0. The van der Waals surface area contributed by atoms with Gasteiger partial charge in [-0.25, -0.2) is 0 Å². The molecule has 5 heteroatoms. The zero-order valence-electron chi connectivity index (χ0n) is 45.1. The van der Waals surface area contributed by atoms with Crippen molar-refractivity contribution in [2.75, 3.05) is 19.8 Å². The van der Waals surface area contributed by atoms with Gasteiger partial charge in [0.25, 0.3) is 0 Å². The molecular formula is C63H110O5. The molecule has 0 aliphatic rings. The Morgan fingerprint density at radius 1 is 0.338 bits per heavy atom. The number of esters is 2. The van der Waals surface area contributed by atoms with E-state index in [-0.39, 0.29) is 25.2 Å². The Kier molecular flexibility index (Phi) is 55.9. The highest BCUT2D eigenvalue weighted by molar-refractivity contribution is 5.70. The molecule has 5 nitrogen and oxygen atoms in total. The van der Waals surface area contributed by atoms with Crippen molar-refractivity contribution in [2.24, 2.45) is 0 Å². The van der Waals surface area contributed by atoms with E-state index in [0.717, 1.165) is 89.9 Å². The highest BCUT2D eigenvalue weighted by Crippen LogP contribution is 2.15. The average molecular weight is 948 g/mol. The van der Waals surface area contributed by atoms with Crippen molar-refractivity contribution in [3.8, 4) is 0 Å². The maximum Gasteiger partial charge on any atom is 0.306 e. The summed E-state index contributed by atoms with van der Waals surface area (Å²) in [5.41, 5.74) is 0. The van der Waals surface area contributed by atoms with Gasteiger partial charge in [-0.15, -0.1) is 0 Å². The Balaban J connectivity index is 4.29. The Bertz CT molecular complexity index is 1250. The minimum atomic E-state index is -0.550. The van der Waals surface area contributed by atoms with Crippen molar-refractivity contribution in [1.29, 1.82) is 0 Å². The van der Waals surface area contributed by atoms with E-state index in [9.17, 15) is 9.59 Å². The molecule has 0 saturated heterocycles. The molecule has 68 heavy (non-hydrogen) atoms. The highest BCUT2D eigenvalue weighted by Gasteiger charge is 2.17. The lowest BCUT2D eigenvalue weighted by Gasteiger charge is -2.18. The first-order valence-electron chi connectivity index (χ1n) is 29.1. The van der Waals surface area contributed by atoms with Crippen molar-refractivity contribution in [1.82, 2.24) is 0 Å². The molecule has 0 spiro atoms. The maximum atomic E-state index is 12.8. The van der Waals surface area contributed by atoms with Crippen LogP contribution in [-0.2, 0) is 23.8 Å². The molecule has 1 unspecified atom stereocenters. The second kappa shape index (κ2) is 58.4. The molecular weight excluding hydrogens is 837 g/mol. The SMILES string of the molecule is CC/C=C\C/C=C\C/C=C\C/C=C\CCCCCCCCCOCC(COC(=O)CCCCCCCC/C=C\C/C=C\C/C=C\CCCCC)OC(=O)CCCCCCCCCCCCCCC. The number of carbonyl (C=O) groups excluding carboxylic acids is 2. The van der Waals surface area contributed by atoms with Crippen LogP contribution in [0.2, 0.25) is 0 Å². The van der Waals surface area contributed by atoms with E-state index in [0.29, 0.717) is 19.4 Å². The van der Waals surface area contributed by atoms with Gasteiger partial charge in [0.15, 0.2) is 6.10 Å². The van der Waals surface area contributed by atoms with Gasteiger partial charge in [0.05, 0.1) is 6.61 Å². The molecule has 392 valence electrons. The van der Waals surface area contributed by atoms with Gasteiger partial charge in [-0.05, 0) is 96.3 Å². The second-order valence-electron chi connectivity index (χ2n) is 19.2. The number of carbonyl (C=O) groups is 2. The number of hydrogen-bond acceptors (Lipinski definition) is 5. The van der Waals surface area contributed by atoms with Crippen molar-refractivity contribution in [3.63, 3.8) is 0 Å². The van der Waals surface area contributed by atoms with Crippen molar-refractivity contribution in [2.45, 2.75) is 284 Å². The summed E-state index contributed by atoms with van der Waals surface area (Å²) in [5.74, 6) is -0.410. The summed E-state index contributed by atoms with van der Waals surface area (Å²) in [7, 11) is 0. The molecule has 0 heterocycles. The summed E-state index contributed by atoms with van der Waals surface area (Å²) in [6.07, 6.45) is 77.4. The number of rotatable bonds is 53. The predicted octanol–water partition coefficient (Wildman–Crippen LogP) is 20.0. The van der Waals surface area contributed by atoms with Gasteiger partial charge in [0, 0.05) is 19.4 Å². The first kappa shape index (κ1) is 65.1. The third-order valence-corrected chi connectivity index (χ3v) is 12.4. The summed E-state index contributed by atoms with van der Waals surface area (Å²) >= 11 is 0. The Morgan fingerprint density at radius 2 is 0.662 bits per heavy atom. The van der Waals surface area contributed by atoms with E-state index in [1.807, 2.05) is 0 Å². The fourth-order valence-corrected chi connectivity index (χ4v) is 8.10. The van der Waals surface area contributed by atoms with E-state index >= 15 is 0 Å². The van der Waals surface area contributed by atoms with Gasteiger partial charge in [-0.3, -0.25) is 9.59 Å². The normalized spacial score (nSPS) is 12.8. The minimum absolute atomic E-state index is 0.0730. The van der Waals surface area contributed by atoms with Crippen molar-refractivity contribution in [3.05, 3.63) is 85.1 Å². The molecule has 0 rings (SSSR count). The van der Waals surface area contributed by atoms with E-state index in [1.165, 1.54) is 154 Å². The summed E-state index contributed by atoms with van der Waals surface area (Å²) in [6.45, 7) is 7.68. The van der Waals surface area contributed by atoms with Crippen LogP contribution in [0.3, 0.4) is 0 Å². The first-order chi connectivity index (χ1) is 33.6. The van der Waals surface area contributed by atoms with Crippen LogP contribution in [0.1, 0.15) is 278 Å². The molecule has 0 N–H and O–H groups in total. The molecule has 0 aliphatic carbocycles. The zero-order chi connectivity index (χ0) is 49.2. The fraction of sp³-hybridized carbons (Fsp3) is 0.746. The molecule has 0 radical (unpaired) electrons. The molecule has 0 aliphatic heterocycles. The molecule has 1 atom stereocenters. The Hall–Kier alpha value is -2.92. The molecule has 0 fully saturated rings. The van der Waals surface area contributed by atoms with Gasteiger partial charge >= 0.3 is 11.9 Å². The third-order valence-electron chi connectivity index (χ3n) is 12.4. The van der Waals surface area contributed by atoms with Gasteiger partial charge in [0.2, 0.25) is 0 Å². The lowest BCUT2D eigenvalue weighted by molar-refractivity contribution is -0.163. The number of allylic oxidation sites excluding steroid dienone is 14. The second-order valence-corrected chi connectivity index (χ2v) is 19.2. The van der Waals surface area contributed by atoms with Crippen molar-refractivity contribution >= 4 is 11.9 Å². The van der Waals surface area contributed by atoms with Gasteiger partial charge in [-0.1, -0.05) is 254 Å². The van der Waals surface area contributed by atoms with Crippen LogP contribution in [-0.4, -0.2) is 37.9 Å². The van der Waals surface area contributed by atoms with E-state index in [2.05, 4.69) is 106 Å². The van der Waals surface area contributed by atoms with Crippen LogP contribution in [0.5, 0.6) is 0 Å². The molecule has 0 amide bonds. The van der Waals surface area contributed by atoms with Crippen LogP contribution >= 0.6 is 0 Å². The zero-order valence-corrected chi connectivity index (χ0v) is 45.1. The molecule has 0 aromatic rings. The molecule has 0 saturated carbocycles. The molecule has 0 aromatic carbocycles. The lowest BCUT2D eigenvalue weighted by atomic mass is 10.0. The summed E-state index contributed by atoms with van der Waals surface area (Å²) in [4.78, 5) is 25.5. The van der Waals surface area contributed by atoms with Crippen LogP contribution in [0, 0.1) is 0 Å². The first-order valence-corrected chi connectivity index (χ1v) is 29.1. The molecule has 0 bridgehead atoms. The van der Waals surface area contributed by atoms with Crippen LogP contribution in [0.15, 0.2) is 85.1 Å². The smallest absolute Gasteiger partial charge is 0.306 e. The maximum absolute atomic E-state index is 12.8. The van der Waals surface area contributed by atoms with Gasteiger partial charge in [-0.2, -0.15) is 0 Å². The third kappa shape index (κ3) is 55.7.